The van der Waals surface area contributed by atoms with Gasteiger partial charge in [0, 0.05) is 26.3 Å². The highest BCUT2D eigenvalue weighted by atomic mass is 16.5. The van der Waals surface area contributed by atoms with E-state index in [1.807, 2.05) is 0 Å². The molecule has 2 nitrogen and oxygen atoms in total. The Morgan fingerprint density at radius 3 is 2.63 bits per heavy atom. The van der Waals surface area contributed by atoms with Crippen LogP contribution in [0.2, 0.25) is 0 Å². The minimum Gasteiger partial charge on any atom is -0.385 e. The molecule has 1 saturated carbocycles. The lowest BCUT2D eigenvalue weighted by Crippen LogP contribution is -2.37. The molecule has 0 bridgehead atoms. The van der Waals surface area contributed by atoms with Crippen molar-refractivity contribution in [3.63, 3.8) is 0 Å². The summed E-state index contributed by atoms with van der Waals surface area (Å²) in [6.07, 6.45) is 11.0. The lowest BCUT2D eigenvalue weighted by molar-refractivity contribution is 0.148. The number of nitrogens with one attached hydrogen (secondary N) is 1. The Morgan fingerprint density at radius 2 is 1.95 bits per heavy atom. The fourth-order valence-corrected chi connectivity index (χ4v) is 3.17. The first-order valence-corrected chi connectivity index (χ1v) is 8.29. The molecule has 19 heavy (non-hydrogen) atoms. The van der Waals surface area contributed by atoms with Gasteiger partial charge in [-0.2, -0.15) is 0 Å². The average molecular weight is 269 g/mol. The van der Waals surface area contributed by atoms with Crippen molar-refractivity contribution in [3.05, 3.63) is 0 Å². The Labute approximate surface area is 120 Å². The molecule has 0 aromatic rings. The normalized spacial score (nSPS) is 25.3. The van der Waals surface area contributed by atoms with Crippen molar-refractivity contribution in [3.8, 4) is 0 Å². The summed E-state index contributed by atoms with van der Waals surface area (Å²) in [5, 5.41) is 3.82. The second-order valence-corrected chi connectivity index (χ2v) is 7.15. The second kappa shape index (κ2) is 8.97. The SMILES string of the molecule is CCCC1CCCC(NCC(C)(C)CCOC)CC1. The number of rotatable bonds is 8. The van der Waals surface area contributed by atoms with Crippen LogP contribution < -0.4 is 5.32 Å². The van der Waals surface area contributed by atoms with E-state index in [0.717, 1.165) is 31.5 Å². The van der Waals surface area contributed by atoms with Gasteiger partial charge in [-0.05, 0) is 37.0 Å². The van der Waals surface area contributed by atoms with Crippen LogP contribution in [-0.4, -0.2) is 26.3 Å². The van der Waals surface area contributed by atoms with E-state index < -0.39 is 0 Å². The van der Waals surface area contributed by atoms with Gasteiger partial charge in [0.1, 0.15) is 0 Å². The molecule has 0 aromatic carbocycles. The predicted molar refractivity (Wildman–Crippen MR) is 83.5 cm³/mol. The molecule has 2 atom stereocenters. The molecule has 1 aliphatic carbocycles. The molecule has 0 saturated heterocycles. The summed E-state index contributed by atoms with van der Waals surface area (Å²) in [6.45, 7) is 9.00. The quantitative estimate of drug-likeness (QED) is 0.660. The Kier molecular flexibility index (Phi) is 8.01. The van der Waals surface area contributed by atoms with E-state index in [2.05, 4.69) is 26.1 Å². The fourth-order valence-electron chi connectivity index (χ4n) is 3.17. The van der Waals surface area contributed by atoms with Gasteiger partial charge in [0.15, 0.2) is 0 Å². The zero-order chi connectivity index (χ0) is 14.1. The van der Waals surface area contributed by atoms with E-state index in [-0.39, 0.29) is 0 Å². The van der Waals surface area contributed by atoms with Gasteiger partial charge < -0.3 is 10.1 Å². The molecule has 0 heterocycles. The molecule has 0 spiro atoms. The van der Waals surface area contributed by atoms with Crippen LogP contribution in [0.15, 0.2) is 0 Å². The first kappa shape index (κ1) is 17.0. The summed E-state index contributed by atoms with van der Waals surface area (Å²) >= 11 is 0. The maximum absolute atomic E-state index is 5.20. The Bertz CT molecular complexity index is 227. The summed E-state index contributed by atoms with van der Waals surface area (Å²) in [5.41, 5.74) is 0.352. The van der Waals surface area contributed by atoms with Crippen molar-refractivity contribution < 1.29 is 4.74 Å². The summed E-state index contributed by atoms with van der Waals surface area (Å²) < 4.78 is 5.20. The minimum atomic E-state index is 0.352. The summed E-state index contributed by atoms with van der Waals surface area (Å²) in [5.74, 6) is 0.998. The van der Waals surface area contributed by atoms with Gasteiger partial charge in [0.05, 0.1) is 0 Å². The highest BCUT2D eigenvalue weighted by molar-refractivity contribution is 4.79. The Balaban J connectivity index is 2.25. The van der Waals surface area contributed by atoms with Gasteiger partial charge >= 0.3 is 0 Å². The van der Waals surface area contributed by atoms with E-state index in [0.29, 0.717) is 5.41 Å². The molecular formula is C17H35NO. The molecule has 2 heteroatoms. The minimum absolute atomic E-state index is 0.352. The molecule has 114 valence electrons. The summed E-state index contributed by atoms with van der Waals surface area (Å²) in [7, 11) is 1.79. The topological polar surface area (TPSA) is 21.3 Å². The fraction of sp³-hybridized carbons (Fsp3) is 1.00. The van der Waals surface area contributed by atoms with Gasteiger partial charge in [-0.15, -0.1) is 0 Å². The number of methoxy groups -OCH3 is 1. The van der Waals surface area contributed by atoms with E-state index >= 15 is 0 Å². The molecule has 1 fully saturated rings. The first-order chi connectivity index (χ1) is 9.07. The number of ether oxygens (including phenoxy) is 1. The van der Waals surface area contributed by atoms with Gasteiger partial charge in [-0.3, -0.25) is 0 Å². The van der Waals surface area contributed by atoms with Crippen LogP contribution >= 0.6 is 0 Å². The highest BCUT2D eigenvalue weighted by Gasteiger charge is 2.22. The molecule has 1 rings (SSSR count). The highest BCUT2D eigenvalue weighted by Crippen LogP contribution is 2.27. The van der Waals surface area contributed by atoms with E-state index in [1.54, 1.807) is 7.11 Å². The van der Waals surface area contributed by atoms with Crippen LogP contribution in [0.3, 0.4) is 0 Å². The third kappa shape index (κ3) is 7.31. The van der Waals surface area contributed by atoms with Crippen molar-refractivity contribution >= 4 is 0 Å². The third-order valence-corrected chi connectivity index (χ3v) is 4.64. The van der Waals surface area contributed by atoms with E-state index in [1.165, 1.54) is 44.9 Å². The average Bonchev–Trinajstić information content (AvgIpc) is 2.60. The second-order valence-electron chi connectivity index (χ2n) is 7.15. The Hall–Kier alpha value is -0.0800. The van der Waals surface area contributed by atoms with Crippen LogP contribution in [0, 0.1) is 11.3 Å². The van der Waals surface area contributed by atoms with Gasteiger partial charge in [0.25, 0.3) is 0 Å². The van der Waals surface area contributed by atoms with Crippen molar-refractivity contribution in [2.45, 2.75) is 78.2 Å². The molecule has 0 radical (unpaired) electrons. The smallest absolute Gasteiger partial charge is 0.0467 e. The maximum Gasteiger partial charge on any atom is 0.0467 e. The monoisotopic (exact) mass is 269 g/mol. The van der Waals surface area contributed by atoms with Crippen LogP contribution in [0.4, 0.5) is 0 Å². The van der Waals surface area contributed by atoms with Crippen LogP contribution in [0.1, 0.15) is 72.1 Å². The number of hydrogen-bond acceptors (Lipinski definition) is 2. The zero-order valence-corrected chi connectivity index (χ0v) is 13.6. The number of hydrogen-bond donors (Lipinski definition) is 1. The third-order valence-electron chi connectivity index (χ3n) is 4.64. The van der Waals surface area contributed by atoms with Crippen molar-refractivity contribution in [2.75, 3.05) is 20.3 Å². The lowest BCUT2D eigenvalue weighted by Gasteiger charge is -2.28. The van der Waals surface area contributed by atoms with E-state index in [9.17, 15) is 0 Å². The summed E-state index contributed by atoms with van der Waals surface area (Å²) in [6, 6.07) is 0.753. The molecule has 2 unspecified atom stereocenters. The molecule has 0 amide bonds. The lowest BCUT2D eigenvalue weighted by atomic mass is 9.89. The van der Waals surface area contributed by atoms with Crippen molar-refractivity contribution in [2.24, 2.45) is 11.3 Å². The van der Waals surface area contributed by atoms with Gasteiger partial charge in [-0.1, -0.05) is 46.5 Å². The van der Waals surface area contributed by atoms with Crippen LogP contribution in [0.5, 0.6) is 0 Å². The molecule has 1 aliphatic rings. The largest absolute Gasteiger partial charge is 0.385 e. The van der Waals surface area contributed by atoms with Crippen molar-refractivity contribution in [1.82, 2.24) is 5.32 Å². The first-order valence-electron chi connectivity index (χ1n) is 8.29. The van der Waals surface area contributed by atoms with Crippen molar-refractivity contribution in [1.29, 1.82) is 0 Å². The van der Waals surface area contributed by atoms with E-state index in [4.69, 9.17) is 4.74 Å². The molecule has 1 N–H and O–H groups in total. The maximum atomic E-state index is 5.20. The van der Waals surface area contributed by atoms with Crippen LogP contribution in [-0.2, 0) is 4.74 Å². The zero-order valence-electron chi connectivity index (χ0n) is 13.6. The van der Waals surface area contributed by atoms with Gasteiger partial charge in [-0.25, -0.2) is 0 Å². The summed E-state index contributed by atoms with van der Waals surface area (Å²) in [4.78, 5) is 0. The molecule has 0 aliphatic heterocycles. The molecule has 0 aromatic heterocycles. The van der Waals surface area contributed by atoms with Crippen LogP contribution in [0.25, 0.3) is 0 Å². The predicted octanol–water partition coefficient (Wildman–Crippen LogP) is 4.39. The Morgan fingerprint density at radius 1 is 1.16 bits per heavy atom. The standard InChI is InChI=1S/C17H35NO/c1-5-7-15-8-6-9-16(11-10-15)18-14-17(2,3)12-13-19-4/h15-16,18H,5-14H2,1-4H3. The van der Waals surface area contributed by atoms with Gasteiger partial charge in [0.2, 0.25) is 0 Å². The molecular weight excluding hydrogens is 234 g/mol.